The molecule has 0 spiro atoms. The van der Waals surface area contributed by atoms with Crippen molar-refractivity contribution in [2.45, 2.75) is 6.54 Å². The number of methoxy groups -OCH3 is 2. The van der Waals surface area contributed by atoms with Crippen LogP contribution >= 0.6 is 11.3 Å². The molecule has 124 valence electrons. The molecular weight excluding hydrogens is 326 g/mol. The Morgan fingerprint density at radius 2 is 2.08 bits per heavy atom. The van der Waals surface area contributed by atoms with E-state index in [1.807, 2.05) is 24.3 Å². The van der Waals surface area contributed by atoms with Crippen molar-refractivity contribution in [3.63, 3.8) is 0 Å². The van der Waals surface area contributed by atoms with Gasteiger partial charge in [-0.1, -0.05) is 0 Å². The number of nitrogens with zero attached hydrogens (tertiary/aromatic N) is 1. The molecule has 0 bridgehead atoms. The van der Waals surface area contributed by atoms with Gasteiger partial charge in [0.25, 0.3) is 5.91 Å². The Balaban J connectivity index is 1.87. The van der Waals surface area contributed by atoms with Crippen molar-refractivity contribution in [3.8, 4) is 11.5 Å². The SMILES string of the molecule is COc1ccc(CNc2nccc3cc(C(N)=O)sc23)c(OC)c1. The van der Waals surface area contributed by atoms with Gasteiger partial charge in [-0.25, -0.2) is 4.98 Å². The molecule has 0 atom stereocenters. The molecule has 3 aromatic rings. The first-order chi connectivity index (χ1) is 11.6. The lowest BCUT2D eigenvalue weighted by Gasteiger charge is -2.12. The van der Waals surface area contributed by atoms with E-state index in [2.05, 4.69) is 10.3 Å². The Morgan fingerprint density at radius 3 is 2.79 bits per heavy atom. The topological polar surface area (TPSA) is 86.5 Å². The van der Waals surface area contributed by atoms with Crippen molar-refractivity contribution in [3.05, 3.63) is 47.0 Å². The minimum atomic E-state index is -0.432. The molecule has 0 radical (unpaired) electrons. The Hall–Kier alpha value is -2.80. The molecular formula is C17H17N3O3S. The number of benzene rings is 1. The number of thiophene rings is 1. The first kappa shape index (κ1) is 16.1. The fourth-order valence-corrected chi connectivity index (χ4v) is 3.36. The summed E-state index contributed by atoms with van der Waals surface area (Å²) in [6.07, 6.45) is 1.70. The van der Waals surface area contributed by atoms with Gasteiger partial charge in [-0.2, -0.15) is 0 Å². The summed E-state index contributed by atoms with van der Waals surface area (Å²) in [5.41, 5.74) is 6.34. The number of fused-ring (bicyclic) bond motifs is 1. The fourth-order valence-electron chi connectivity index (χ4n) is 2.39. The second-order valence-electron chi connectivity index (χ2n) is 5.08. The molecule has 0 fully saturated rings. The predicted molar refractivity (Wildman–Crippen MR) is 95.0 cm³/mol. The molecule has 2 heterocycles. The van der Waals surface area contributed by atoms with Gasteiger partial charge in [-0.05, 0) is 29.7 Å². The summed E-state index contributed by atoms with van der Waals surface area (Å²) < 4.78 is 11.5. The highest BCUT2D eigenvalue weighted by atomic mass is 32.1. The van der Waals surface area contributed by atoms with Crippen LogP contribution in [-0.4, -0.2) is 25.1 Å². The normalized spacial score (nSPS) is 10.6. The third kappa shape index (κ3) is 3.11. The van der Waals surface area contributed by atoms with Gasteiger partial charge in [-0.3, -0.25) is 4.79 Å². The van der Waals surface area contributed by atoms with E-state index in [-0.39, 0.29) is 0 Å². The van der Waals surface area contributed by atoms with Gasteiger partial charge in [0.1, 0.15) is 17.3 Å². The lowest BCUT2D eigenvalue weighted by Crippen LogP contribution is -2.08. The number of aromatic nitrogens is 1. The number of carbonyl (C=O) groups excluding carboxylic acids is 1. The number of nitrogens with one attached hydrogen (secondary N) is 1. The summed E-state index contributed by atoms with van der Waals surface area (Å²) in [5, 5.41) is 4.23. The summed E-state index contributed by atoms with van der Waals surface area (Å²) in [7, 11) is 3.24. The van der Waals surface area contributed by atoms with Gasteiger partial charge in [0.2, 0.25) is 0 Å². The van der Waals surface area contributed by atoms with Crippen molar-refractivity contribution in [2.75, 3.05) is 19.5 Å². The zero-order valence-corrected chi connectivity index (χ0v) is 14.1. The molecule has 3 N–H and O–H groups in total. The number of primary amides is 1. The van der Waals surface area contributed by atoms with Crippen molar-refractivity contribution in [1.82, 2.24) is 4.98 Å². The van der Waals surface area contributed by atoms with Crippen LogP contribution in [0.1, 0.15) is 15.2 Å². The maximum Gasteiger partial charge on any atom is 0.258 e. The van der Waals surface area contributed by atoms with Crippen molar-refractivity contribution >= 4 is 33.1 Å². The molecule has 7 heteroatoms. The number of nitrogens with two attached hydrogens (primary N) is 1. The predicted octanol–water partition coefficient (Wildman–Crippen LogP) is 3.02. The number of rotatable bonds is 6. The molecule has 0 aliphatic carbocycles. The average Bonchev–Trinajstić information content (AvgIpc) is 3.05. The Labute approximate surface area is 143 Å². The van der Waals surface area contributed by atoms with Gasteiger partial charge in [0.05, 0.1) is 23.8 Å². The summed E-state index contributed by atoms with van der Waals surface area (Å²) >= 11 is 1.33. The number of amides is 1. The molecule has 3 rings (SSSR count). The van der Waals surface area contributed by atoms with Crippen molar-refractivity contribution in [2.24, 2.45) is 5.73 Å². The number of anilines is 1. The molecule has 0 unspecified atom stereocenters. The third-order valence-corrected chi connectivity index (χ3v) is 4.79. The molecule has 0 saturated heterocycles. The highest BCUT2D eigenvalue weighted by Gasteiger charge is 2.11. The van der Waals surface area contributed by atoms with E-state index in [0.717, 1.165) is 27.1 Å². The molecule has 6 nitrogen and oxygen atoms in total. The van der Waals surface area contributed by atoms with Crippen LogP contribution in [0.15, 0.2) is 36.5 Å². The fraction of sp³-hybridized carbons (Fsp3) is 0.176. The summed E-state index contributed by atoms with van der Waals surface area (Å²) in [6.45, 7) is 0.531. The minimum Gasteiger partial charge on any atom is -0.497 e. The van der Waals surface area contributed by atoms with E-state index in [1.54, 1.807) is 26.5 Å². The van der Waals surface area contributed by atoms with Crippen LogP contribution in [0, 0.1) is 0 Å². The highest BCUT2D eigenvalue weighted by molar-refractivity contribution is 7.21. The number of carbonyl (C=O) groups is 1. The lowest BCUT2D eigenvalue weighted by molar-refractivity contribution is 0.100. The van der Waals surface area contributed by atoms with Gasteiger partial charge in [0.15, 0.2) is 0 Å². The van der Waals surface area contributed by atoms with Crippen LogP contribution in [0.2, 0.25) is 0 Å². The van der Waals surface area contributed by atoms with E-state index in [9.17, 15) is 4.79 Å². The first-order valence-electron chi connectivity index (χ1n) is 7.25. The zero-order valence-electron chi connectivity index (χ0n) is 13.3. The monoisotopic (exact) mass is 343 g/mol. The first-order valence-corrected chi connectivity index (χ1v) is 8.07. The van der Waals surface area contributed by atoms with E-state index in [4.69, 9.17) is 15.2 Å². The van der Waals surface area contributed by atoms with E-state index in [0.29, 0.717) is 17.2 Å². The lowest BCUT2D eigenvalue weighted by atomic mass is 10.2. The second kappa shape index (κ2) is 6.76. The summed E-state index contributed by atoms with van der Waals surface area (Å²) in [5.74, 6) is 1.75. The van der Waals surface area contributed by atoms with E-state index >= 15 is 0 Å². The molecule has 2 aromatic heterocycles. The molecule has 1 amide bonds. The second-order valence-corrected chi connectivity index (χ2v) is 6.14. The van der Waals surface area contributed by atoms with Gasteiger partial charge < -0.3 is 20.5 Å². The van der Waals surface area contributed by atoms with Crippen molar-refractivity contribution in [1.29, 1.82) is 0 Å². The molecule has 0 saturated carbocycles. The quantitative estimate of drug-likeness (QED) is 0.718. The Bertz CT molecular complexity index is 892. The minimum absolute atomic E-state index is 0.432. The smallest absolute Gasteiger partial charge is 0.258 e. The molecule has 1 aromatic carbocycles. The number of hydrogen-bond donors (Lipinski definition) is 2. The van der Waals surface area contributed by atoms with Gasteiger partial charge in [-0.15, -0.1) is 11.3 Å². The Kier molecular flexibility index (Phi) is 4.52. The van der Waals surface area contributed by atoms with Crippen LogP contribution in [-0.2, 0) is 6.54 Å². The third-order valence-electron chi connectivity index (χ3n) is 3.62. The molecule has 24 heavy (non-hydrogen) atoms. The molecule has 0 aliphatic heterocycles. The van der Waals surface area contributed by atoms with Crippen LogP contribution < -0.4 is 20.5 Å². The van der Waals surface area contributed by atoms with Crippen molar-refractivity contribution < 1.29 is 14.3 Å². The summed E-state index contributed by atoms with van der Waals surface area (Å²) in [6, 6.07) is 9.29. The highest BCUT2D eigenvalue weighted by Crippen LogP contribution is 2.31. The number of pyridine rings is 1. The van der Waals surface area contributed by atoms with Crippen LogP contribution in [0.4, 0.5) is 5.82 Å². The Morgan fingerprint density at radius 1 is 1.25 bits per heavy atom. The number of hydrogen-bond acceptors (Lipinski definition) is 6. The summed E-state index contributed by atoms with van der Waals surface area (Å²) in [4.78, 5) is 16.3. The maximum atomic E-state index is 11.4. The molecule has 0 aliphatic rings. The van der Waals surface area contributed by atoms with Gasteiger partial charge in [0, 0.05) is 24.4 Å². The van der Waals surface area contributed by atoms with Crippen LogP contribution in [0.3, 0.4) is 0 Å². The van der Waals surface area contributed by atoms with Crippen LogP contribution in [0.25, 0.3) is 10.1 Å². The average molecular weight is 343 g/mol. The van der Waals surface area contributed by atoms with E-state index < -0.39 is 5.91 Å². The largest absolute Gasteiger partial charge is 0.497 e. The van der Waals surface area contributed by atoms with E-state index in [1.165, 1.54) is 11.3 Å². The number of ether oxygens (including phenoxy) is 2. The van der Waals surface area contributed by atoms with Crippen LogP contribution in [0.5, 0.6) is 11.5 Å². The van der Waals surface area contributed by atoms with Gasteiger partial charge >= 0.3 is 0 Å². The zero-order chi connectivity index (χ0) is 17.1. The standard InChI is InChI=1S/C17H17N3O3S/c1-22-12-4-3-11(13(8-12)23-2)9-20-17-15-10(5-6-19-17)7-14(24-15)16(18)21/h3-8H,9H2,1-2H3,(H2,18,21)(H,19,20). The maximum absolute atomic E-state index is 11.4.